The molecule has 0 bridgehead atoms. The fourth-order valence-corrected chi connectivity index (χ4v) is 2.95. The summed E-state index contributed by atoms with van der Waals surface area (Å²) in [5, 5.41) is 0. The molecule has 1 aliphatic rings. The molecule has 1 fully saturated rings. The molecule has 2 atom stereocenters. The molecule has 1 aliphatic heterocycles. The summed E-state index contributed by atoms with van der Waals surface area (Å²) in [4.78, 5) is 28.1. The number of rotatable bonds is 5. The van der Waals surface area contributed by atoms with Gasteiger partial charge in [-0.1, -0.05) is 44.2 Å². The van der Waals surface area contributed by atoms with Gasteiger partial charge in [0, 0.05) is 26.2 Å². The maximum absolute atomic E-state index is 12.4. The zero-order valence-electron chi connectivity index (χ0n) is 15.4. The van der Waals surface area contributed by atoms with E-state index in [0.29, 0.717) is 13.1 Å². The van der Waals surface area contributed by atoms with Gasteiger partial charge in [-0.3, -0.25) is 4.79 Å². The molecule has 2 amide bonds. The van der Waals surface area contributed by atoms with Gasteiger partial charge in [0.05, 0.1) is 6.04 Å². The molecule has 6 nitrogen and oxygen atoms in total. The van der Waals surface area contributed by atoms with Crippen LogP contribution >= 0.6 is 0 Å². The third kappa shape index (κ3) is 5.19. The summed E-state index contributed by atoms with van der Waals surface area (Å²) in [6.07, 6.45) is 1.39. The first-order valence-electron chi connectivity index (χ1n) is 8.88. The third-order valence-corrected chi connectivity index (χ3v) is 4.76. The second-order valence-corrected chi connectivity index (χ2v) is 7.00. The Morgan fingerprint density at radius 2 is 2.00 bits per heavy atom. The number of nitrogens with two attached hydrogens (primary N) is 1. The van der Waals surface area contributed by atoms with Crippen LogP contribution in [0.4, 0.5) is 4.79 Å². The molecule has 2 rings (SSSR count). The highest BCUT2D eigenvalue weighted by Gasteiger charge is 2.31. The van der Waals surface area contributed by atoms with Crippen molar-refractivity contribution in [3.05, 3.63) is 35.9 Å². The first-order valence-corrected chi connectivity index (χ1v) is 8.88. The zero-order valence-corrected chi connectivity index (χ0v) is 15.4. The van der Waals surface area contributed by atoms with E-state index in [-0.39, 0.29) is 30.6 Å². The van der Waals surface area contributed by atoms with E-state index in [1.54, 1.807) is 16.8 Å². The lowest BCUT2D eigenvalue weighted by atomic mass is 10.0. The Morgan fingerprint density at radius 1 is 1.32 bits per heavy atom. The Bertz CT molecular complexity index is 577. The molecular formula is C19H29N3O3. The number of hydrogen-bond donors (Lipinski definition) is 1. The van der Waals surface area contributed by atoms with Crippen molar-refractivity contribution in [2.75, 3.05) is 20.1 Å². The van der Waals surface area contributed by atoms with E-state index < -0.39 is 6.04 Å². The Kier molecular flexibility index (Phi) is 6.82. The maximum atomic E-state index is 12.4. The summed E-state index contributed by atoms with van der Waals surface area (Å²) < 4.78 is 5.40. The van der Waals surface area contributed by atoms with E-state index in [1.165, 1.54) is 0 Å². The number of likely N-dealkylation sites (N-methyl/N-ethyl adjacent to an activating group) is 1. The van der Waals surface area contributed by atoms with E-state index in [0.717, 1.165) is 18.4 Å². The summed E-state index contributed by atoms with van der Waals surface area (Å²) in [6, 6.07) is 9.07. The van der Waals surface area contributed by atoms with E-state index in [1.807, 2.05) is 44.2 Å². The molecule has 0 spiro atoms. The number of benzene rings is 1. The van der Waals surface area contributed by atoms with E-state index >= 15 is 0 Å². The van der Waals surface area contributed by atoms with Crippen molar-refractivity contribution in [3.63, 3.8) is 0 Å². The Morgan fingerprint density at radius 3 is 2.64 bits per heavy atom. The van der Waals surface area contributed by atoms with E-state index in [9.17, 15) is 9.59 Å². The molecule has 0 saturated carbocycles. The van der Waals surface area contributed by atoms with Crippen molar-refractivity contribution >= 4 is 12.0 Å². The fourth-order valence-electron chi connectivity index (χ4n) is 2.95. The van der Waals surface area contributed by atoms with Crippen LogP contribution in [0.1, 0.15) is 32.3 Å². The molecule has 0 aromatic heterocycles. The lowest BCUT2D eigenvalue weighted by Crippen LogP contribution is -2.54. The SMILES string of the molecule is CC(C)[C@H](N)C(=O)N(C)[C@@H]1CCCN(C(=O)OCc2ccccc2)C1. The zero-order chi connectivity index (χ0) is 18.4. The summed E-state index contributed by atoms with van der Waals surface area (Å²) in [5.74, 6) is 0.0185. The first kappa shape index (κ1) is 19.2. The van der Waals surface area contributed by atoms with Crippen molar-refractivity contribution < 1.29 is 14.3 Å². The van der Waals surface area contributed by atoms with Gasteiger partial charge in [0.15, 0.2) is 0 Å². The molecule has 0 radical (unpaired) electrons. The highest BCUT2D eigenvalue weighted by molar-refractivity contribution is 5.82. The van der Waals surface area contributed by atoms with Gasteiger partial charge in [-0.25, -0.2) is 4.79 Å². The molecule has 25 heavy (non-hydrogen) atoms. The molecule has 1 aromatic rings. The smallest absolute Gasteiger partial charge is 0.410 e. The molecule has 0 aliphatic carbocycles. The van der Waals surface area contributed by atoms with Crippen LogP contribution in [0.3, 0.4) is 0 Å². The quantitative estimate of drug-likeness (QED) is 0.886. The Hall–Kier alpha value is -2.08. The molecule has 0 unspecified atom stereocenters. The van der Waals surface area contributed by atoms with Crippen LogP contribution in [0, 0.1) is 5.92 Å². The van der Waals surface area contributed by atoms with Gasteiger partial charge in [0.2, 0.25) is 5.91 Å². The molecule has 1 heterocycles. The number of carbonyl (C=O) groups excluding carboxylic acids is 2. The average Bonchev–Trinajstić information content (AvgIpc) is 2.65. The lowest BCUT2D eigenvalue weighted by Gasteiger charge is -2.38. The first-order chi connectivity index (χ1) is 11.9. The predicted octanol–water partition coefficient (Wildman–Crippen LogP) is 2.23. The van der Waals surface area contributed by atoms with Gasteiger partial charge in [0.25, 0.3) is 0 Å². The second kappa shape index (κ2) is 8.85. The minimum Gasteiger partial charge on any atom is -0.445 e. The van der Waals surface area contributed by atoms with Crippen LogP contribution in [-0.4, -0.2) is 54.0 Å². The van der Waals surface area contributed by atoms with Crippen molar-refractivity contribution in [1.82, 2.24) is 9.80 Å². The van der Waals surface area contributed by atoms with Crippen LogP contribution in [-0.2, 0) is 16.1 Å². The molecule has 6 heteroatoms. The number of hydrogen-bond acceptors (Lipinski definition) is 4. The minimum atomic E-state index is -0.509. The standard InChI is InChI=1S/C19H29N3O3/c1-14(2)17(20)18(23)21(3)16-10-7-11-22(12-16)19(24)25-13-15-8-5-4-6-9-15/h4-6,8-9,14,16-17H,7,10-13,20H2,1-3H3/t16-,17+/m1/s1. The second-order valence-electron chi connectivity index (χ2n) is 7.00. The number of likely N-dealkylation sites (tertiary alicyclic amines) is 1. The van der Waals surface area contributed by atoms with Gasteiger partial charge in [-0.2, -0.15) is 0 Å². The van der Waals surface area contributed by atoms with Crippen LogP contribution in [0.25, 0.3) is 0 Å². The number of ether oxygens (including phenoxy) is 1. The summed E-state index contributed by atoms with van der Waals surface area (Å²) in [5.41, 5.74) is 6.94. The Balaban J connectivity index is 1.89. The minimum absolute atomic E-state index is 0.0182. The van der Waals surface area contributed by atoms with Crippen LogP contribution in [0.2, 0.25) is 0 Å². The van der Waals surface area contributed by atoms with Crippen molar-refractivity contribution in [3.8, 4) is 0 Å². The normalized spacial score (nSPS) is 18.8. The number of piperidine rings is 1. The Labute approximate surface area is 149 Å². The monoisotopic (exact) mass is 347 g/mol. The van der Waals surface area contributed by atoms with Crippen LogP contribution in [0.5, 0.6) is 0 Å². The van der Waals surface area contributed by atoms with Crippen molar-refractivity contribution in [2.45, 2.75) is 45.4 Å². The summed E-state index contributed by atoms with van der Waals surface area (Å²) >= 11 is 0. The molecule has 1 saturated heterocycles. The summed E-state index contributed by atoms with van der Waals surface area (Å²) in [7, 11) is 1.77. The topological polar surface area (TPSA) is 75.9 Å². The maximum Gasteiger partial charge on any atom is 0.410 e. The van der Waals surface area contributed by atoms with Gasteiger partial charge < -0.3 is 20.3 Å². The highest BCUT2D eigenvalue weighted by atomic mass is 16.6. The van der Waals surface area contributed by atoms with Gasteiger partial charge in [0.1, 0.15) is 6.61 Å². The van der Waals surface area contributed by atoms with Crippen LogP contribution < -0.4 is 5.73 Å². The molecule has 1 aromatic carbocycles. The van der Waals surface area contributed by atoms with E-state index in [4.69, 9.17) is 10.5 Å². The lowest BCUT2D eigenvalue weighted by molar-refractivity contribution is -0.135. The highest BCUT2D eigenvalue weighted by Crippen LogP contribution is 2.18. The number of carbonyl (C=O) groups is 2. The van der Waals surface area contributed by atoms with Crippen LogP contribution in [0.15, 0.2) is 30.3 Å². The molecule has 2 N–H and O–H groups in total. The predicted molar refractivity (Wildman–Crippen MR) is 96.8 cm³/mol. The number of nitrogens with zero attached hydrogens (tertiary/aromatic N) is 2. The van der Waals surface area contributed by atoms with Crippen molar-refractivity contribution in [1.29, 1.82) is 0 Å². The van der Waals surface area contributed by atoms with Crippen molar-refractivity contribution in [2.24, 2.45) is 11.7 Å². The fraction of sp³-hybridized carbons (Fsp3) is 0.579. The van der Waals surface area contributed by atoms with Gasteiger partial charge >= 0.3 is 6.09 Å². The van der Waals surface area contributed by atoms with E-state index in [2.05, 4.69) is 0 Å². The third-order valence-electron chi connectivity index (χ3n) is 4.76. The number of amides is 2. The van der Waals surface area contributed by atoms with Gasteiger partial charge in [-0.15, -0.1) is 0 Å². The largest absolute Gasteiger partial charge is 0.445 e. The average molecular weight is 347 g/mol. The van der Waals surface area contributed by atoms with Gasteiger partial charge in [-0.05, 0) is 24.3 Å². The molecule has 138 valence electrons. The molecular weight excluding hydrogens is 318 g/mol. The summed E-state index contributed by atoms with van der Waals surface area (Å²) in [6.45, 7) is 5.27.